The first kappa shape index (κ1) is 24.3. The van der Waals surface area contributed by atoms with Gasteiger partial charge in [0.15, 0.2) is 0 Å². The molecule has 1 atom stereocenters. The largest absolute Gasteiger partial charge is 0.331 e. The molecule has 0 bridgehead atoms. The van der Waals surface area contributed by atoms with Crippen molar-refractivity contribution in [3.05, 3.63) is 59.2 Å². The van der Waals surface area contributed by atoms with Crippen LogP contribution in [0.5, 0.6) is 0 Å². The molecule has 154 valence electrons. The van der Waals surface area contributed by atoms with Crippen molar-refractivity contribution in [3.8, 4) is 0 Å². The lowest BCUT2D eigenvalue weighted by molar-refractivity contribution is 0.230. The van der Waals surface area contributed by atoms with E-state index in [1.54, 1.807) is 39.2 Å². The van der Waals surface area contributed by atoms with Crippen LogP contribution >= 0.6 is 39.1 Å². The topological polar surface area (TPSA) is 87.2 Å². The number of urea groups is 1. The van der Waals surface area contributed by atoms with Crippen molar-refractivity contribution in [2.75, 3.05) is 19.4 Å². The maximum absolute atomic E-state index is 11.7. The number of rotatable bonds is 3. The number of amides is 2. The minimum absolute atomic E-state index is 0.0804. The summed E-state index contributed by atoms with van der Waals surface area (Å²) in [5, 5.41) is 3.54. The second-order valence-corrected chi connectivity index (χ2v) is 7.86. The van der Waals surface area contributed by atoms with E-state index in [4.69, 9.17) is 23.2 Å². The number of halogens is 3. The van der Waals surface area contributed by atoms with E-state index < -0.39 is 0 Å². The van der Waals surface area contributed by atoms with Crippen LogP contribution in [-0.4, -0.2) is 34.6 Å². The second-order valence-electron chi connectivity index (χ2n) is 6.26. The molecule has 2 amide bonds. The normalized spacial score (nSPS) is 11.3. The van der Waals surface area contributed by atoms with Crippen LogP contribution < -0.4 is 16.6 Å². The predicted molar refractivity (Wildman–Crippen MR) is 118 cm³/mol. The van der Waals surface area contributed by atoms with E-state index >= 15 is 0 Å². The Morgan fingerprint density at radius 1 is 1.29 bits per heavy atom. The van der Waals surface area contributed by atoms with Crippen LogP contribution in [0.15, 0.2) is 32.3 Å². The van der Waals surface area contributed by atoms with Gasteiger partial charge in [-0.25, -0.2) is 9.59 Å². The highest BCUT2D eigenvalue weighted by Gasteiger charge is 2.12. The molecule has 7 nitrogen and oxygen atoms in total. The Kier molecular flexibility index (Phi) is 9.26. The molecule has 1 unspecified atom stereocenters. The van der Waals surface area contributed by atoms with E-state index in [-0.39, 0.29) is 23.3 Å². The number of hydrogen-bond donors (Lipinski definition) is 2. The lowest BCUT2D eigenvalue weighted by atomic mass is 10.2. The van der Waals surface area contributed by atoms with Crippen LogP contribution in [0.4, 0.5) is 10.5 Å². The zero-order valence-corrected chi connectivity index (χ0v) is 19.4. The molecule has 1 aromatic carbocycles. The fourth-order valence-electron chi connectivity index (χ4n) is 2.03. The van der Waals surface area contributed by atoms with Gasteiger partial charge in [-0.15, -0.1) is 0 Å². The van der Waals surface area contributed by atoms with Gasteiger partial charge >= 0.3 is 11.7 Å². The quantitative estimate of drug-likeness (QED) is 0.651. The number of nitrogens with zero attached hydrogens (tertiary/aromatic N) is 2. The van der Waals surface area contributed by atoms with Gasteiger partial charge in [0.05, 0.1) is 10.0 Å². The summed E-state index contributed by atoms with van der Waals surface area (Å²) in [4.78, 5) is 38.5. The summed E-state index contributed by atoms with van der Waals surface area (Å²) in [5.41, 5.74) is 0.586. The van der Waals surface area contributed by atoms with E-state index in [1.807, 2.05) is 13.8 Å². The highest BCUT2D eigenvalue weighted by Crippen LogP contribution is 2.25. The van der Waals surface area contributed by atoms with E-state index in [0.717, 1.165) is 6.42 Å². The minimum Gasteiger partial charge on any atom is -0.331 e. The zero-order chi connectivity index (χ0) is 21.6. The Morgan fingerprint density at radius 3 is 2.39 bits per heavy atom. The molecule has 10 heteroatoms. The van der Waals surface area contributed by atoms with Crippen molar-refractivity contribution in [1.29, 1.82) is 0 Å². The molecular weight excluding hydrogens is 471 g/mol. The van der Waals surface area contributed by atoms with E-state index in [9.17, 15) is 14.4 Å². The number of H-pyrrole nitrogens is 1. The molecule has 0 radical (unpaired) electrons. The van der Waals surface area contributed by atoms with E-state index in [1.165, 1.54) is 9.47 Å². The van der Waals surface area contributed by atoms with Crippen LogP contribution in [0.2, 0.25) is 10.0 Å². The van der Waals surface area contributed by atoms with Crippen molar-refractivity contribution in [2.24, 2.45) is 0 Å². The van der Waals surface area contributed by atoms with Crippen LogP contribution in [0.25, 0.3) is 0 Å². The summed E-state index contributed by atoms with van der Waals surface area (Å²) in [5.74, 6) is 0. The summed E-state index contributed by atoms with van der Waals surface area (Å²) in [6, 6.07) is 4.64. The maximum Gasteiger partial charge on any atom is 0.328 e. The highest BCUT2D eigenvalue weighted by molar-refractivity contribution is 9.10. The summed E-state index contributed by atoms with van der Waals surface area (Å²) < 4.78 is 1.66. The van der Waals surface area contributed by atoms with Gasteiger partial charge < -0.3 is 15.2 Å². The lowest BCUT2D eigenvalue weighted by Gasteiger charge is -2.12. The summed E-state index contributed by atoms with van der Waals surface area (Å²) >= 11 is 14.7. The fourth-order valence-corrected chi connectivity index (χ4v) is 2.61. The molecule has 28 heavy (non-hydrogen) atoms. The van der Waals surface area contributed by atoms with Crippen LogP contribution in [-0.2, 0) is 0 Å². The molecule has 0 saturated carbocycles. The number of aromatic amines is 1. The first-order valence-corrected chi connectivity index (χ1v) is 9.98. The second kappa shape index (κ2) is 10.7. The van der Waals surface area contributed by atoms with Crippen molar-refractivity contribution < 1.29 is 4.79 Å². The summed E-state index contributed by atoms with van der Waals surface area (Å²) in [6.07, 6.45) is 0.748. The zero-order valence-electron chi connectivity index (χ0n) is 16.3. The smallest absolute Gasteiger partial charge is 0.328 e. The van der Waals surface area contributed by atoms with Crippen molar-refractivity contribution in [2.45, 2.75) is 33.2 Å². The van der Waals surface area contributed by atoms with E-state index in [2.05, 4.69) is 26.2 Å². The molecule has 0 aliphatic rings. The van der Waals surface area contributed by atoms with Gasteiger partial charge in [0, 0.05) is 31.5 Å². The number of carbonyl (C=O) groups excluding carboxylic acids is 1. The summed E-state index contributed by atoms with van der Waals surface area (Å²) in [7, 11) is 3.32. The molecule has 2 rings (SSSR count). The molecule has 1 heterocycles. The number of aromatic nitrogens is 2. The number of carbonyl (C=O) groups is 1. The van der Waals surface area contributed by atoms with Gasteiger partial charge in [-0.2, -0.15) is 0 Å². The van der Waals surface area contributed by atoms with Gasteiger partial charge in [-0.1, -0.05) is 30.1 Å². The Morgan fingerprint density at radius 2 is 1.89 bits per heavy atom. The standard InChI is InChI=1S/C9H13BrN2O2.C9H10Cl2N2O/c1-4-5(2)12-8(13)7(10)6(3)11-9(12)14;1-13(2)9(14)12-6-3-4-7(10)8(11)5-6/h5H,4H2,1-3H3,(H,11,14);3-5H,1-2H3,(H,12,14). The van der Waals surface area contributed by atoms with Crippen LogP contribution in [0.1, 0.15) is 32.0 Å². The number of nitrogens with one attached hydrogen (secondary N) is 2. The van der Waals surface area contributed by atoms with Crippen molar-refractivity contribution in [3.63, 3.8) is 0 Å². The predicted octanol–water partition coefficient (Wildman–Crippen LogP) is 4.67. The van der Waals surface area contributed by atoms with Crippen LogP contribution in [0.3, 0.4) is 0 Å². The first-order chi connectivity index (χ1) is 13.0. The van der Waals surface area contributed by atoms with Gasteiger partial charge in [0.1, 0.15) is 4.47 Å². The molecular formula is C18H23BrCl2N4O3. The van der Waals surface area contributed by atoms with Gasteiger partial charge in [-0.3, -0.25) is 9.36 Å². The number of hydrogen-bond acceptors (Lipinski definition) is 3. The van der Waals surface area contributed by atoms with Gasteiger partial charge in [0.25, 0.3) is 5.56 Å². The maximum atomic E-state index is 11.7. The molecule has 2 aromatic rings. The Hall–Kier alpha value is -1.77. The average molecular weight is 494 g/mol. The molecule has 0 fully saturated rings. The summed E-state index contributed by atoms with van der Waals surface area (Å²) in [6.45, 7) is 5.47. The average Bonchev–Trinajstić information content (AvgIpc) is 2.63. The first-order valence-electron chi connectivity index (χ1n) is 8.43. The molecule has 2 N–H and O–H groups in total. The minimum atomic E-state index is -0.343. The molecule has 0 saturated heterocycles. The third kappa shape index (κ3) is 6.39. The molecule has 1 aromatic heterocycles. The monoisotopic (exact) mass is 492 g/mol. The van der Waals surface area contributed by atoms with Gasteiger partial charge in [0.2, 0.25) is 0 Å². The highest BCUT2D eigenvalue weighted by atomic mass is 79.9. The molecule has 0 aliphatic carbocycles. The molecule has 0 spiro atoms. The number of anilines is 1. The van der Waals surface area contributed by atoms with Crippen molar-refractivity contribution in [1.82, 2.24) is 14.5 Å². The van der Waals surface area contributed by atoms with Crippen LogP contribution in [0, 0.1) is 6.92 Å². The Bertz CT molecular complexity index is 957. The lowest BCUT2D eigenvalue weighted by Crippen LogP contribution is -2.38. The third-order valence-corrected chi connectivity index (χ3v) is 5.53. The Labute approximate surface area is 181 Å². The fraction of sp³-hybridized carbons (Fsp3) is 0.389. The molecule has 0 aliphatic heterocycles. The SMILES string of the molecule is CCC(C)n1c(=O)[nH]c(C)c(Br)c1=O.CN(C)C(=O)Nc1ccc(Cl)c(Cl)c1. The van der Waals surface area contributed by atoms with Crippen molar-refractivity contribution >= 4 is 50.9 Å². The number of benzene rings is 1. The van der Waals surface area contributed by atoms with E-state index in [0.29, 0.717) is 25.9 Å². The van der Waals surface area contributed by atoms with Gasteiger partial charge in [-0.05, 0) is 54.4 Å². The number of aryl methyl sites for hydroxylation is 1. The Balaban J connectivity index is 0.000000280. The third-order valence-electron chi connectivity index (χ3n) is 3.86.